The van der Waals surface area contributed by atoms with Crippen molar-refractivity contribution in [1.29, 1.82) is 0 Å². The molecule has 0 aliphatic carbocycles. The SMILES string of the molecule is COc1cc(Cc2c(N)nc(N)nc2SC[C@H](NC(=O)CC[C@H](N)C(=O)O)C(=O)NCC(=O)O)cc(OC)c1OC. The van der Waals surface area contributed by atoms with E-state index in [2.05, 4.69) is 20.6 Å². The van der Waals surface area contributed by atoms with E-state index in [1.165, 1.54) is 21.3 Å². The van der Waals surface area contributed by atoms with Crippen molar-refractivity contribution in [2.45, 2.75) is 36.4 Å². The lowest BCUT2D eigenvalue weighted by atomic mass is 10.1. The number of aliphatic carboxylic acids is 2. The largest absolute Gasteiger partial charge is 0.493 e. The Morgan fingerprint density at radius 3 is 2.20 bits per heavy atom. The van der Waals surface area contributed by atoms with Crippen molar-refractivity contribution in [3.8, 4) is 17.2 Å². The molecule has 0 unspecified atom stereocenters. The number of rotatable bonds is 16. The highest BCUT2D eigenvalue weighted by molar-refractivity contribution is 7.99. The van der Waals surface area contributed by atoms with Gasteiger partial charge in [-0.25, -0.2) is 4.98 Å². The van der Waals surface area contributed by atoms with Crippen LogP contribution in [-0.4, -0.2) is 89.6 Å². The number of nitrogens with one attached hydrogen (secondary N) is 2. The van der Waals surface area contributed by atoms with Gasteiger partial charge in [-0.1, -0.05) is 0 Å². The fraction of sp³-hybridized carbons (Fsp3) is 0.417. The van der Waals surface area contributed by atoms with Gasteiger partial charge in [0, 0.05) is 24.2 Å². The van der Waals surface area contributed by atoms with E-state index in [1.54, 1.807) is 12.1 Å². The maximum atomic E-state index is 12.7. The second kappa shape index (κ2) is 15.3. The molecule has 1 aromatic carbocycles. The number of thioether (sulfide) groups is 1. The first kappa shape index (κ1) is 32.7. The first-order valence-corrected chi connectivity index (χ1v) is 13.0. The van der Waals surface area contributed by atoms with E-state index < -0.39 is 42.4 Å². The topological polar surface area (TPSA) is 264 Å². The summed E-state index contributed by atoms with van der Waals surface area (Å²) in [4.78, 5) is 55.4. The van der Waals surface area contributed by atoms with Crippen LogP contribution >= 0.6 is 11.8 Å². The normalized spacial score (nSPS) is 12.1. The summed E-state index contributed by atoms with van der Waals surface area (Å²) in [6, 6.07) is 0.949. The van der Waals surface area contributed by atoms with Crippen LogP contribution in [0.25, 0.3) is 0 Å². The van der Waals surface area contributed by atoms with Gasteiger partial charge in [-0.3, -0.25) is 19.2 Å². The zero-order chi connectivity index (χ0) is 30.7. The number of amides is 2. The molecule has 0 spiro atoms. The van der Waals surface area contributed by atoms with Crippen LogP contribution in [0.1, 0.15) is 24.0 Å². The minimum atomic E-state index is -1.28. The molecule has 1 heterocycles. The molecule has 16 nitrogen and oxygen atoms in total. The molecule has 0 saturated heterocycles. The van der Waals surface area contributed by atoms with Crippen LogP contribution in [0, 0.1) is 0 Å². The van der Waals surface area contributed by atoms with Crippen molar-refractivity contribution >= 4 is 47.3 Å². The van der Waals surface area contributed by atoms with Crippen molar-refractivity contribution in [2.24, 2.45) is 5.73 Å². The zero-order valence-electron chi connectivity index (χ0n) is 22.6. The van der Waals surface area contributed by atoms with Gasteiger partial charge < -0.3 is 52.3 Å². The smallest absolute Gasteiger partial charge is 0.322 e. The average Bonchev–Trinajstić information content (AvgIpc) is 2.93. The quantitative estimate of drug-likeness (QED) is 0.0927. The number of carbonyl (C=O) groups is 4. The second-order valence-electron chi connectivity index (χ2n) is 8.49. The monoisotopic (exact) mass is 595 g/mol. The van der Waals surface area contributed by atoms with Crippen molar-refractivity contribution < 1.29 is 43.6 Å². The molecule has 0 fully saturated rings. The third-order valence-electron chi connectivity index (χ3n) is 5.58. The Kier molecular flexibility index (Phi) is 12.2. The highest BCUT2D eigenvalue weighted by Crippen LogP contribution is 2.39. The van der Waals surface area contributed by atoms with E-state index in [4.69, 9.17) is 41.6 Å². The summed E-state index contributed by atoms with van der Waals surface area (Å²) in [5.74, 6) is -2.95. The number of hydrogen-bond donors (Lipinski definition) is 7. The van der Waals surface area contributed by atoms with Crippen LogP contribution < -0.4 is 42.0 Å². The summed E-state index contributed by atoms with van der Waals surface area (Å²) >= 11 is 1.02. The standard InChI is InChI=1S/C24H33N7O9S/c1-38-15-7-11(8-16(39-2)19(15)40-3)6-12-20(26)30-24(27)31-22(12)41-10-14(21(35)28-9-18(33)34)29-17(32)5-4-13(25)23(36)37/h7-8,13-14H,4-6,9-10,25H2,1-3H3,(H,28,35)(H,29,32)(H,33,34)(H,36,37)(H4,26,27,30,31)/t13-,14-/m0/s1. The summed E-state index contributed by atoms with van der Waals surface area (Å²) in [7, 11) is 4.42. The van der Waals surface area contributed by atoms with Crippen molar-refractivity contribution in [3.05, 3.63) is 23.3 Å². The second-order valence-corrected chi connectivity index (χ2v) is 9.50. The molecule has 0 bridgehead atoms. The molecular weight excluding hydrogens is 562 g/mol. The molecule has 2 atom stereocenters. The van der Waals surface area contributed by atoms with E-state index in [9.17, 15) is 19.2 Å². The van der Waals surface area contributed by atoms with Crippen molar-refractivity contribution in [2.75, 3.05) is 45.1 Å². The number of aromatic nitrogens is 2. The first-order valence-electron chi connectivity index (χ1n) is 12.0. The minimum Gasteiger partial charge on any atom is -0.493 e. The van der Waals surface area contributed by atoms with Crippen molar-refractivity contribution in [3.63, 3.8) is 0 Å². The molecular formula is C24H33N7O9S. The van der Waals surface area contributed by atoms with Gasteiger partial charge in [-0.05, 0) is 24.1 Å². The molecule has 0 radical (unpaired) electrons. The summed E-state index contributed by atoms with van der Waals surface area (Å²) in [5, 5.41) is 22.9. The molecule has 0 saturated carbocycles. The van der Waals surface area contributed by atoms with Crippen LogP contribution in [-0.2, 0) is 25.6 Å². The molecule has 1 aromatic heterocycles. The van der Waals surface area contributed by atoms with Crippen LogP contribution in [0.3, 0.4) is 0 Å². The Bertz CT molecular complexity index is 1250. The Labute approximate surface area is 239 Å². The van der Waals surface area contributed by atoms with Crippen LogP contribution in [0.2, 0.25) is 0 Å². The number of carboxylic acids is 2. The molecule has 2 rings (SSSR count). The fourth-order valence-corrected chi connectivity index (χ4v) is 4.60. The number of carboxylic acid groups (broad SMARTS) is 2. The number of nitrogens with zero attached hydrogens (tertiary/aromatic N) is 2. The molecule has 41 heavy (non-hydrogen) atoms. The first-order chi connectivity index (χ1) is 19.4. The lowest BCUT2D eigenvalue weighted by molar-refractivity contribution is -0.139. The number of ether oxygens (including phenoxy) is 3. The van der Waals surface area contributed by atoms with Gasteiger partial charge in [0.25, 0.3) is 0 Å². The predicted octanol–water partition coefficient (Wildman–Crippen LogP) is -0.773. The molecule has 17 heteroatoms. The maximum absolute atomic E-state index is 12.7. The summed E-state index contributed by atoms with van der Waals surface area (Å²) in [6.07, 6.45) is -0.253. The van der Waals surface area contributed by atoms with E-state index in [-0.39, 0.29) is 36.8 Å². The Morgan fingerprint density at radius 1 is 1.02 bits per heavy atom. The summed E-state index contributed by atoms with van der Waals surface area (Å²) in [6.45, 7) is -0.681. The number of nitrogens with two attached hydrogens (primary N) is 3. The van der Waals surface area contributed by atoms with Gasteiger partial charge in [0.15, 0.2) is 11.5 Å². The highest BCUT2D eigenvalue weighted by atomic mass is 32.2. The Balaban J connectivity index is 2.33. The van der Waals surface area contributed by atoms with E-state index in [1.807, 2.05) is 0 Å². The summed E-state index contributed by atoms with van der Waals surface area (Å²) < 4.78 is 16.2. The van der Waals surface area contributed by atoms with Gasteiger partial charge in [0.2, 0.25) is 23.5 Å². The van der Waals surface area contributed by atoms with Gasteiger partial charge in [-0.2, -0.15) is 4.98 Å². The van der Waals surface area contributed by atoms with Crippen LogP contribution in [0.4, 0.5) is 11.8 Å². The number of hydrogen-bond acceptors (Lipinski definition) is 13. The molecule has 0 aliphatic rings. The van der Waals surface area contributed by atoms with Gasteiger partial charge in [-0.15, -0.1) is 11.8 Å². The minimum absolute atomic E-state index is 0.0762. The van der Waals surface area contributed by atoms with E-state index in [0.29, 0.717) is 33.4 Å². The zero-order valence-corrected chi connectivity index (χ0v) is 23.4. The predicted molar refractivity (Wildman–Crippen MR) is 148 cm³/mol. The number of benzene rings is 1. The Hall–Kier alpha value is -4.51. The summed E-state index contributed by atoms with van der Waals surface area (Å²) in [5.41, 5.74) is 18.6. The van der Waals surface area contributed by atoms with Gasteiger partial charge in [0.05, 0.1) is 21.3 Å². The van der Waals surface area contributed by atoms with Gasteiger partial charge >= 0.3 is 11.9 Å². The van der Waals surface area contributed by atoms with Crippen LogP contribution in [0.15, 0.2) is 17.2 Å². The third-order valence-corrected chi connectivity index (χ3v) is 6.69. The maximum Gasteiger partial charge on any atom is 0.322 e. The number of methoxy groups -OCH3 is 3. The fourth-order valence-electron chi connectivity index (χ4n) is 3.53. The molecule has 0 aliphatic heterocycles. The lowest BCUT2D eigenvalue weighted by Gasteiger charge is -2.19. The van der Waals surface area contributed by atoms with E-state index >= 15 is 0 Å². The van der Waals surface area contributed by atoms with Crippen molar-refractivity contribution in [1.82, 2.24) is 20.6 Å². The van der Waals surface area contributed by atoms with E-state index in [0.717, 1.165) is 11.8 Å². The molecule has 2 amide bonds. The lowest BCUT2D eigenvalue weighted by Crippen LogP contribution is -2.49. The highest BCUT2D eigenvalue weighted by Gasteiger charge is 2.25. The number of carbonyl (C=O) groups excluding carboxylic acids is 2. The van der Waals surface area contributed by atoms with Crippen LogP contribution in [0.5, 0.6) is 17.2 Å². The molecule has 10 N–H and O–H groups in total. The number of anilines is 2. The average molecular weight is 596 g/mol. The third kappa shape index (κ3) is 9.57. The Morgan fingerprint density at radius 2 is 1.66 bits per heavy atom. The molecule has 2 aromatic rings. The number of nitrogen functional groups attached to an aromatic ring is 2. The molecule has 224 valence electrons. The van der Waals surface area contributed by atoms with Gasteiger partial charge in [0.1, 0.15) is 29.5 Å².